The van der Waals surface area contributed by atoms with Gasteiger partial charge < -0.3 is 4.74 Å². The molecule has 3 aromatic carbocycles. The van der Waals surface area contributed by atoms with E-state index in [1.165, 1.54) is 5.56 Å². The molecule has 0 N–H and O–H groups in total. The van der Waals surface area contributed by atoms with E-state index in [9.17, 15) is 5.26 Å². The molecule has 0 aliphatic rings. The fourth-order valence-corrected chi connectivity index (χ4v) is 3.12. The molecule has 3 rings (SSSR count). The van der Waals surface area contributed by atoms with Crippen LogP contribution in [-0.2, 0) is 5.75 Å². The Balaban J connectivity index is 1.78. The second-order valence-electron chi connectivity index (χ2n) is 4.96. The quantitative estimate of drug-likeness (QED) is 0.571. The van der Waals surface area contributed by atoms with Gasteiger partial charge in [0.2, 0.25) is 0 Å². The van der Waals surface area contributed by atoms with Crippen LogP contribution in [0.15, 0.2) is 83.8 Å². The maximum absolute atomic E-state index is 9.29. The van der Waals surface area contributed by atoms with E-state index in [-0.39, 0.29) is 0 Å². The van der Waals surface area contributed by atoms with Crippen LogP contribution < -0.4 is 4.74 Å². The Hall–Kier alpha value is -2.70. The number of ether oxygens (including phenoxy) is 1. The molecule has 0 aliphatic carbocycles. The van der Waals surface area contributed by atoms with Crippen LogP contribution in [0.2, 0.25) is 0 Å². The van der Waals surface area contributed by atoms with Crippen molar-refractivity contribution in [3.63, 3.8) is 0 Å². The Morgan fingerprint density at radius 1 is 0.826 bits per heavy atom. The summed E-state index contributed by atoms with van der Waals surface area (Å²) >= 11 is 1.65. The van der Waals surface area contributed by atoms with E-state index in [0.717, 1.165) is 22.1 Å². The van der Waals surface area contributed by atoms with E-state index in [1.54, 1.807) is 11.8 Å². The van der Waals surface area contributed by atoms with Crippen LogP contribution in [0.4, 0.5) is 0 Å². The summed E-state index contributed by atoms with van der Waals surface area (Å²) in [6.45, 7) is 0. The normalized spacial score (nSPS) is 10.0. The molecule has 3 heteroatoms. The summed E-state index contributed by atoms with van der Waals surface area (Å²) in [5, 5.41) is 9.29. The average molecular weight is 317 g/mol. The molecule has 0 spiro atoms. The molecule has 0 saturated heterocycles. The Bertz CT molecular complexity index is 810. The van der Waals surface area contributed by atoms with E-state index >= 15 is 0 Å². The summed E-state index contributed by atoms with van der Waals surface area (Å²) in [5.41, 5.74) is 1.90. The van der Waals surface area contributed by atoms with Crippen LogP contribution in [-0.4, -0.2) is 0 Å². The van der Waals surface area contributed by atoms with Gasteiger partial charge in [0.1, 0.15) is 17.6 Å². The van der Waals surface area contributed by atoms with Crippen LogP contribution in [0, 0.1) is 11.3 Å². The fraction of sp³-hybridized carbons (Fsp3) is 0.0500. The minimum Gasteiger partial charge on any atom is -0.457 e. The molecule has 0 amide bonds. The third kappa shape index (κ3) is 4.15. The molecule has 0 atom stereocenters. The van der Waals surface area contributed by atoms with Gasteiger partial charge in [-0.2, -0.15) is 5.26 Å². The highest BCUT2D eigenvalue weighted by atomic mass is 32.2. The van der Waals surface area contributed by atoms with Gasteiger partial charge in [0.05, 0.1) is 5.56 Å². The van der Waals surface area contributed by atoms with Gasteiger partial charge in [-0.05, 0) is 35.9 Å². The van der Waals surface area contributed by atoms with Gasteiger partial charge in [-0.15, -0.1) is 11.8 Å². The topological polar surface area (TPSA) is 33.0 Å². The van der Waals surface area contributed by atoms with Crippen molar-refractivity contribution >= 4 is 11.8 Å². The lowest BCUT2D eigenvalue weighted by atomic mass is 10.2. The first kappa shape index (κ1) is 15.2. The molecular weight excluding hydrogens is 302 g/mol. The van der Waals surface area contributed by atoms with E-state index in [0.29, 0.717) is 5.56 Å². The lowest BCUT2D eigenvalue weighted by Crippen LogP contribution is -1.88. The number of hydrogen-bond acceptors (Lipinski definition) is 3. The zero-order valence-corrected chi connectivity index (χ0v) is 13.3. The van der Waals surface area contributed by atoms with Gasteiger partial charge >= 0.3 is 0 Å². The lowest BCUT2D eigenvalue weighted by Gasteiger charge is -2.09. The van der Waals surface area contributed by atoms with Gasteiger partial charge in [-0.1, -0.05) is 48.5 Å². The van der Waals surface area contributed by atoms with E-state index in [2.05, 4.69) is 18.2 Å². The number of para-hydroxylation sites is 1. The zero-order chi connectivity index (χ0) is 15.9. The summed E-state index contributed by atoms with van der Waals surface area (Å²) in [6.07, 6.45) is 0. The molecule has 0 unspecified atom stereocenters. The molecular formula is C20H15NOS. The predicted octanol–water partition coefficient (Wildman–Crippen LogP) is 5.64. The zero-order valence-electron chi connectivity index (χ0n) is 12.5. The molecule has 112 valence electrons. The summed E-state index contributed by atoms with van der Waals surface area (Å²) in [7, 11) is 0. The van der Waals surface area contributed by atoms with E-state index < -0.39 is 0 Å². The Morgan fingerprint density at radius 2 is 1.52 bits per heavy atom. The monoisotopic (exact) mass is 317 g/mol. The third-order valence-corrected chi connectivity index (χ3v) is 4.42. The maximum atomic E-state index is 9.29. The molecule has 0 fully saturated rings. The Labute approximate surface area is 140 Å². The van der Waals surface area contributed by atoms with Crippen molar-refractivity contribution in [3.8, 4) is 17.6 Å². The molecule has 23 heavy (non-hydrogen) atoms. The lowest BCUT2D eigenvalue weighted by molar-refractivity contribution is 0.481. The highest BCUT2D eigenvalue weighted by molar-refractivity contribution is 7.98. The number of rotatable bonds is 5. The third-order valence-electron chi connectivity index (χ3n) is 3.29. The van der Waals surface area contributed by atoms with Crippen LogP contribution in [0.3, 0.4) is 0 Å². The van der Waals surface area contributed by atoms with Gasteiger partial charge in [-0.25, -0.2) is 0 Å². The largest absolute Gasteiger partial charge is 0.457 e. The SMILES string of the molecule is N#Cc1ccc(Oc2ccccc2)cc1SCc1ccccc1. The van der Waals surface area contributed by atoms with E-state index in [1.807, 2.05) is 66.7 Å². The molecule has 0 aliphatic heterocycles. The van der Waals surface area contributed by atoms with Crippen molar-refractivity contribution in [2.24, 2.45) is 0 Å². The van der Waals surface area contributed by atoms with Crippen molar-refractivity contribution in [1.82, 2.24) is 0 Å². The number of nitriles is 1. The summed E-state index contributed by atoms with van der Waals surface area (Å²) in [4.78, 5) is 0.935. The van der Waals surface area contributed by atoms with Gasteiger partial charge in [0.25, 0.3) is 0 Å². The van der Waals surface area contributed by atoms with Crippen molar-refractivity contribution < 1.29 is 4.74 Å². The van der Waals surface area contributed by atoms with Gasteiger partial charge in [-0.3, -0.25) is 0 Å². The van der Waals surface area contributed by atoms with Crippen LogP contribution in [0.5, 0.6) is 11.5 Å². The smallest absolute Gasteiger partial charge is 0.128 e. The second-order valence-corrected chi connectivity index (χ2v) is 5.98. The number of benzene rings is 3. The number of nitrogens with zero attached hydrogens (tertiary/aromatic N) is 1. The predicted molar refractivity (Wildman–Crippen MR) is 93.7 cm³/mol. The van der Waals surface area contributed by atoms with Crippen LogP contribution in [0.25, 0.3) is 0 Å². The van der Waals surface area contributed by atoms with Crippen molar-refractivity contribution in [2.45, 2.75) is 10.6 Å². The number of hydrogen-bond donors (Lipinski definition) is 0. The van der Waals surface area contributed by atoms with Crippen molar-refractivity contribution in [2.75, 3.05) is 0 Å². The molecule has 0 aromatic heterocycles. The van der Waals surface area contributed by atoms with Crippen molar-refractivity contribution in [3.05, 3.63) is 90.0 Å². The highest BCUT2D eigenvalue weighted by Gasteiger charge is 2.06. The van der Waals surface area contributed by atoms with E-state index in [4.69, 9.17) is 4.74 Å². The fourth-order valence-electron chi connectivity index (χ4n) is 2.14. The van der Waals surface area contributed by atoms with Gasteiger partial charge in [0.15, 0.2) is 0 Å². The molecule has 0 heterocycles. The molecule has 2 nitrogen and oxygen atoms in total. The second kappa shape index (κ2) is 7.53. The van der Waals surface area contributed by atoms with Gasteiger partial charge in [0, 0.05) is 10.6 Å². The standard InChI is InChI=1S/C20H15NOS/c21-14-17-11-12-19(22-18-9-5-2-6-10-18)13-20(17)23-15-16-7-3-1-4-8-16/h1-13H,15H2. The minimum atomic E-state index is 0.673. The highest BCUT2D eigenvalue weighted by Crippen LogP contribution is 2.31. The molecule has 0 bridgehead atoms. The van der Waals surface area contributed by atoms with Crippen LogP contribution in [0.1, 0.15) is 11.1 Å². The minimum absolute atomic E-state index is 0.673. The molecule has 3 aromatic rings. The summed E-state index contributed by atoms with van der Waals surface area (Å²) in [5.74, 6) is 2.35. The number of thioether (sulfide) groups is 1. The molecule has 0 radical (unpaired) electrons. The summed E-state index contributed by atoms with van der Waals surface area (Å²) < 4.78 is 5.85. The van der Waals surface area contributed by atoms with Crippen molar-refractivity contribution in [1.29, 1.82) is 5.26 Å². The first-order chi connectivity index (χ1) is 11.3. The first-order valence-electron chi connectivity index (χ1n) is 7.29. The molecule has 0 saturated carbocycles. The summed E-state index contributed by atoms with van der Waals surface area (Å²) in [6, 6.07) is 27.7. The van der Waals surface area contributed by atoms with Crippen LogP contribution >= 0.6 is 11.8 Å². The first-order valence-corrected chi connectivity index (χ1v) is 8.27. The average Bonchev–Trinajstić information content (AvgIpc) is 2.62. The maximum Gasteiger partial charge on any atom is 0.128 e. The Morgan fingerprint density at radius 3 is 2.22 bits per heavy atom. The Kier molecular flexibility index (Phi) is 4.98.